The van der Waals surface area contributed by atoms with Crippen LogP contribution in [0.2, 0.25) is 5.02 Å². The molecule has 4 N–H and O–H groups in total. The van der Waals surface area contributed by atoms with Gasteiger partial charge in [-0.25, -0.2) is 17.6 Å². The first-order valence-electron chi connectivity index (χ1n) is 8.71. The smallest absolute Gasteiger partial charge is 0.173 e. The lowest BCUT2D eigenvalue weighted by molar-refractivity contribution is -0.0910. The highest BCUT2D eigenvalue weighted by atomic mass is 35.5. The Balaban J connectivity index is 1.94. The molecule has 1 aliphatic heterocycles. The van der Waals surface area contributed by atoms with Gasteiger partial charge < -0.3 is 25.2 Å². The number of aliphatic hydroxyl groups is 4. The van der Waals surface area contributed by atoms with Crippen LogP contribution in [0.1, 0.15) is 11.1 Å². The summed E-state index contributed by atoms with van der Waals surface area (Å²) < 4.78 is 60.9. The second-order valence-corrected chi connectivity index (χ2v) is 8.47. The van der Waals surface area contributed by atoms with Crippen LogP contribution in [-0.4, -0.2) is 56.0 Å². The van der Waals surface area contributed by atoms with Gasteiger partial charge >= 0.3 is 0 Å². The van der Waals surface area contributed by atoms with Crippen molar-refractivity contribution in [3.05, 3.63) is 63.7 Å². The van der Waals surface area contributed by atoms with Crippen LogP contribution in [0.4, 0.5) is 17.6 Å². The predicted octanol–water partition coefficient (Wildman–Crippen LogP) is 2.38. The largest absolute Gasteiger partial charge is 0.477 e. The molecule has 5 unspecified atom stereocenters. The van der Waals surface area contributed by atoms with Crippen molar-refractivity contribution in [3.63, 3.8) is 0 Å². The molecule has 0 aliphatic carbocycles. The van der Waals surface area contributed by atoms with Gasteiger partial charge in [0.15, 0.2) is 28.7 Å². The lowest BCUT2D eigenvalue weighted by Crippen LogP contribution is -2.55. The molecule has 1 aliphatic rings. The van der Waals surface area contributed by atoms with E-state index in [0.717, 1.165) is 11.8 Å². The molecule has 0 radical (unpaired) electrons. The fraction of sp³-hybridized carbons (Fsp3) is 0.368. The Kier molecular flexibility index (Phi) is 7.16. The zero-order chi connectivity index (χ0) is 22.2. The molecule has 2 aromatic rings. The fourth-order valence-corrected chi connectivity index (χ4v) is 4.49. The van der Waals surface area contributed by atoms with Gasteiger partial charge in [-0.3, -0.25) is 0 Å². The van der Waals surface area contributed by atoms with Crippen molar-refractivity contribution in [1.82, 2.24) is 0 Å². The Hall–Kier alpha value is -1.56. The van der Waals surface area contributed by atoms with Gasteiger partial charge in [0.05, 0.1) is 18.0 Å². The third kappa shape index (κ3) is 4.53. The summed E-state index contributed by atoms with van der Waals surface area (Å²) in [5.41, 5.74) is -1.99. The Morgan fingerprint density at radius 2 is 1.57 bits per heavy atom. The van der Waals surface area contributed by atoms with Crippen LogP contribution < -0.4 is 4.74 Å². The van der Waals surface area contributed by atoms with Crippen molar-refractivity contribution >= 4 is 23.4 Å². The molecule has 0 aromatic heterocycles. The molecule has 0 spiro atoms. The average molecular weight is 469 g/mol. The van der Waals surface area contributed by atoms with E-state index < -0.39 is 70.9 Å². The van der Waals surface area contributed by atoms with Crippen LogP contribution in [0.5, 0.6) is 5.75 Å². The number of halogens is 5. The van der Waals surface area contributed by atoms with Gasteiger partial charge in [0.2, 0.25) is 0 Å². The van der Waals surface area contributed by atoms with Crippen molar-refractivity contribution in [2.75, 3.05) is 6.61 Å². The van der Waals surface area contributed by atoms with Crippen molar-refractivity contribution in [2.24, 2.45) is 0 Å². The molecule has 0 amide bonds. The van der Waals surface area contributed by atoms with Gasteiger partial charge in [-0.15, -0.1) is 11.8 Å². The van der Waals surface area contributed by atoms with Crippen LogP contribution in [0.3, 0.4) is 0 Å². The van der Waals surface area contributed by atoms with Crippen LogP contribution in [0.25, 0.3) is 0 Å². The third-order valence-electron chi connectivity index (χ3n) is 4.68. The topological polar surface area (TPSA) is 90.2 Å². The van der Waals surface area contributed by atoms with Crippen molar-refractivity contribution in [2.45, 2.75) is 35.4 Å². The lowest BCUT2D eigenvalue weighted by atomic mass is 10.0. The maximum Gasteiger partial charge on any atom is 0.173 e. The number of hydrogen-bond acceptors (Lipinski definition) is 6. The van der Waals surface area contributed by atoms with E-state index in [1.807, 2.05) is 0 Å². The Morgan fingerprint density at radius 3 is 2.17 bits per heavy atom. The molecule has 2 aromatic carbocycles. The van der Waals surface area contributed by atoms with E-state index in [0.29, 0.717) is 0 Å². The highest BCUT2D eigenvalue weighted by Crippen LogP contribution is 2.36. The van der Waals surface area contributed by atoms with E-state index in [9.17, 15) is 38.0 Å². The molecule has 1 fully saturated rings. The van der Waals surface area contributed by atoms with E-state index in [2.05, 4.69) is 0 Å². The standard InChI is InChI=1S/C19H17ClF4O5S/c20-8-1-2-12(29-19-18(28)17(27)16(26)13(6-25)30-19)7(3-8)4-9-14(23)10(21)5-11(22)15(9)24/h1-3,5,13,16-19,25-28H,4,6H2. The quantitative estimate of drug-likeness (QED) is 0.398. The van der Waals surface area contributed by atoms with Crippen LogP contribution in [0.15, 0.2) is 24.3 Å². The maximum absolute atomic E-state index is 14.1. The minimum Gasteiger partial charge on any atom is -0.477 e. The first kappa shape index (κ1) is 23.1. The molecule has 164 valence electrons. The number of thioether (sulfide) groups is 1. The second-order valence-electron chi connectivity index (χ2n) is 6.69. The van der Waals surface area contributed by atoms with E-state index in [4.69, 9.17) is 16.3 Å². The molecule has 5 atom stereocenters. The zero-order valence-electron chi connectivity index (χ0n) is 15.1. The first-order chi connectivity index (χ1) is 14.1. The Bertz CT molecular complexity index is 906. The summed E-state index contributed by atoms with van der Waals surface area (Å²) in [7, 11) is 0. The van der Waals surface area contributed by atoms with E-state index in [-0.39, 0.29) is 22.4 Å². The SMILES string of the molecule is OCC1SC(Oc2ccc(Cl)cc2Cc2c(F)c(F)cc(F)c2F)C(O)C(O)C1O. The van der Waals surface area contributed by atoms with Gasteiger partial charge in [-0.05, 0) is 18.2 Å². The van der Waals surface area contributed by atoms with Crippen molar-refractivity contribution in [1.29, 1.82) is 0 Å². The van der Waals surface area contributed by atoms with Crippen molar-refractivity contribution < 1.29 is 42.7 Å². The molecule has 30 heavy (non-hydrogen) atoms. The van der Waals surface area contributed by atoms with Gasteiger partial charge in [-0.1, -0.05) is 11.6 Å². The molecule has 0 saturated carbocycles. The lowest BCUT2D eigenvalue weighted by Gasteiger charge is -2.39. The summed E-state index contributed by atoms with van der Waals surface area (Å²) in [5, 5.41) is 38.7. The summed E-state index contributed by atoms with van der Waals surface area (Å²) in [4.78, 5) is 0. The number of ether oxygens (including phenoxy) is 1. The summed E-state index contributed by atoms with van der Waals surface area (Å²) in [6.45, 7) is -0.512. The number of benzene rings is 2. The summed E-state index contributed by atoms with van der Waals surface area (Å²) in [6, 6.07) is 4.07. The number of hydrogen-bond donors (Lipinski definition) is 4. The minimum absolute atomic E-state index is 0.0281. The Morgan fingerprint density at radius 1 is 0.933 bits per heavy atom. The maximum atomic E-state index is 14.1. The molecule has 1 heterocycles. The second kappa shape index (κ2) is 9.29. The van der Waals surface area contributed by atoms with Gasteiger partial charge in [-0.2, -0.15) is 0 Å². The fourth-order valence-electron chi connectivity index (χ4n) is 3.06. The number of aliphatic hydroxyl groups excluding tert-OH is 4. The van der Waals surface area contributed by atoms with Crippen molar-refractivity contribution in [3.8, 4) is 5.75 Å². The molecule has 0 bridgehead atoms. The summed E-state index contributed by atoms with van der Waals surface area (Å²) in [5.74, 6) is -6.28. The van der Waals surface area contributed by atoms with Gasteiger partial charge in [0, 0.05) is 28.6 Å². The predicted molar refractivity (Wildman–Crippen MR) is 101 cm³/mol. The Labute approximate surface area is 177 Å². The highest BCUT2D eigenvalue weighted by Gasteiger charge is 2.44. The molecule has 11 heteroatoms. The van der Waals surface area contributed by atoms with Crippen LogP contribution in [-0.2, 0) is 6.42 Å². The highest BCUT2D eigenvalue weighted by molar-refractivity contribution is 8.00. The van der Waals surface area contributed by atoms with Gasteiger partial charge in [0.25, 0.3) is 0 Å². The zero-order valence-corrected chi connectivity index (χ0v) is 16.7. The monoisotopic (exact) mass is 468 g/mol. The van der Waals surface area contributed by atoms with E-state index >= 15 is 0 Å². The molecule has 5 nitrogen and oxygen atoms in total. The molecule has 1 saturated heterocycles. The normalized spacial score (nSPS) is 26.6. The summed E-state index contributed by atoms with van der Waals surface area (Å²) >= 11 is 6.78. The number of rotatable bonds is 5. The van der Waals surface area contributed by atoms with Gasteiger partial charge in [0.1, 0.15) is 18.0 Å². The van der Waals surface area contributed by atoms with Crippen LogP contribution >= 0.6 is 23.4 Å². The average Bonchev–Trinajstić information content (AvgIpc) is 2.71. The molecular formula is C19H17ClF4O5S. The molecular weight excluding hydrogens is 452 g/mol. The minimum atomic E-state index is -1.61. The van der Waals surface area contributed by atoms with E-state index in [1.165, 1.54) is 18.2 Å². The molecule has 3 rings (SSSR count). The van der Waals surface area contributed by atoms with Crippen LogP contribution in [0, 0.1) is 23.3 Å². The third-order valence-corrected chi connectivity index (χ3v) is 6.34. The summed E-state index contributed by atoms with van der Waals surface area (Å²) in [6.07, 6.45) is -5.20. The first-order valence-corrected chi connectivity index (χ1v) is 10.0. The van der Waals surface area contributed by atoms with E-state index in [1.54, 1.807) is 0 Å².